The molecule has 3 atom stereocenters. The molecule has 2 aliphatic rings. The zero-order valence-corrected chi connectivity index (χ0v) is 13.0. The van der Waals surface area contributed by atoms with E-state index in [1.165, 1.54) is 0 Å². The van der Waals surface area contributed by atoms with Gasteiger partial charge in [-0.25, -0.2) is 0 Å². The van der Waals surface area contributed by atoms with Gasteiger partial charge in [-0.3, -0.25) is 14.4 Å². The summed E-state index contributed by atoms with van der Waals surface area (Å²) in [6.07, 6.45) is 4.14. The van der Waals surface area contributed by atoms with Gasteiger partial charge in [-0.1, -0.05) is 18.6 Å². The van der Waals surface area contributed by atoms with E-state index in [0.717, 1.165) is 19.3 Å². The molecule has 1 aromatic rings. The molecule has 2 N–H and O–H groups in total. The Morgan fingerprint density at radius 3 is 2.52 bits per heavy atom. The lowest BCUT2D eigenvalue weighted by molar-refractivity contribution is -0.137. The van der Waals surface area contributed by atoms with Gasteiger partial charge in [0.25, 0.3) is 0 Å². The van der Waals surface area contributed by atoms with Crippen LogP contribution in [0.15, 0.2) is 24.3 Å². The lowest BCUT2D eigenvalue weighted by Crippen LogP contribution is -2.40. The largest absolute Gasteiger partial charge is 0.481 e. The Balaban J connectivity index is 1.65. The summed E-state index contributed by atoms with van der Waals surface area (Å²) in [5.41, 5.74) is 1.28. The number of hydrogen-bond donors (Lipinski definition) is 2. The SMILES string of the molecule is O=C(O)Cc1cccc(NC(=O)C2C[C@H]3CCC[C@@H](C2)C3=O)c1. The van der Waals surface area contributed by atoms with Crippen molar-refractivity contribution in [2.45, 2.75) is 38.5 Å². The molecule has 122 valence electrons. The van der Waals surface area contributed by atoms with Crippen LogP contribution in [0.25, 0.3) is 0 Å². The fourth-order valence-electron chi connectivity index (χ4n) is 3.87. The predicted molar refractivity (Wildman–Crippen MR) is 85.0 cm³/mol. The van der Waals surface area contributed by atoms with E-state index >= 15 is 0 Å². The summed E-state index contributed by atoms with van der Waals surface area (Å²) in [4.78, 5) is 35.4. The molecule has 0 heterocycles. The molecule has 5 heteroatoms. The maximum atomic E-state index is 12.5. The normalized spacial score (nSPS) is 26.6. The minimum absolute atomic E-state index is 0.0524. The molecular weight excluding hydrogens is 294 g/mol. The molecule has 0 aliphatic heterocycles. The second-order valence-corrected chi connectivity index (χ2v) is 6.66. The lowest BCUT2D eigenvalue weighted by atomic mass is 9.67. The molecule has 0 radical (unpaired) electrons. The zero-order chi connectivity index (χ0) is 16.4. The van der Waals surface area contributed by atoms with Crippen molar-refractivity contribution in [1.29, 1.82) is 0 Å². The molecule has 23 heavy (non-hydrogen) atoms. The third-order valence-electron chi connectivity index (χ3n) is 4.97. The fraction of sp³-hybridized carbons (Fsp3) is 0.500. The van der Waals surface area contributed by atoms with Crippen LogP contribution in [0.4, 0.5) is 5.69 Å². The average Bonchev–Trinajstić information content (AvgIpc) is 2.46. The molecule has 0 saturated heterocycles. The molecule has 3 rings (SSSR count). The third-order valence-corrected chi connectivity index (χ3v) is 4.97. The van der Waals surface area contributed by atoms with Gasteiger partial charge < -0.3 is 10.4 Å². The quantitative estimate of drug-likeness (QED) is 0.894. The standard InChI is InChI=1S/C18H21NO4/c20-16(21)8-11-3-1-6-15(7-11)19-18(23)14-9-12-4-2-5-13(10-14)17(12)22/h1,3,6-7,12-14H,2,4-5,8-10H2,(H,19,23)(H,20,21)/t12-,13+,14?. The number of benzene rings is 1. The Morgan fingerprint density at radius 1 is 1.17 bits per heavy atom. The van der Waals surface area contributed by atoms with Crippen molar-refractivity contribution < 1.29 is 19.5 Å². The Morgan fingerprint density at radius 2 is 1.87 bits per heavy atom. The minimum Gasteiger partial charge on any atom is -0.481 e. The lowest BCUT2D eigenvalue weighted by Gasteiger charge is -2.36. The number of carboxylic acids is 1. The summed E-state index contributed by atoms with van der Waals surface area (Å²) in [5.74, 6) is -0.614. The second kappa shape index (κ2) is 6.52. The molecule has 2 saturated carbocycles. The molecular formula is C18H21NO4. The first kappa shape index (κ1) is 15.7. The van der Waals surface area contributed by atoms with E-state index in [-0.39, 0.29) is 30.1 Å². The summed E-state index contributed by atoms with van der Waals surface area (Å²) in [6, 6.07) is 6.93. The average molecular weight is 315 g/mol. The van der Waals surface area contributed by atoms with E-state index in [1.54, 1.807) is 24.3 Å². The molecule has 0 spiro atoms. The van der Waals surface area contributed by atoms with Crippen molar-refractivity contribution in [3.8, 4) is 0 Å². The number of hydrogen-bond acceptors (Lipinski definition) is 3. The van der Waals surface area contributed by atoms with Crippen LogP contribution < -0.4 is 5.32 Å². The fourth-order valence-corrected chi connectivity index (χ4v) is 3.87. The number of ketones is 1. The van der Waals surface area contributed by atoms with Gasteiger partial charge in [0.05, 0.1) is 6.42 Å². The van der Waals surface area contributed by atoms with Gasteiger partial charge in [0.1, 0.15) is 5.78 Å². The van der Waals surface area contributed by atoms with Crippen LogP contribution >= 0.6 is 0 Å². The van der Waals surface area contributed by atoms with E-state index < -0.39 is 5.97 Å². The Kier molecular flexibility index (Phi) is 4.46. The van der Waals surface area contributed by atoms with Crippen molar-refractivity contribution in [2.75, 3.05) is 5.32 Å². The highest BCUT2D eigenvalue weighted by Crippen LogP contribution is 2.40. The van der Waals surface area contributed by atoms with Gasteiger partial charge in [0.15, 0.2) is 0 Å². The third kappa shape index (κ3) is 3.60. The van der Waals surface area contributed by atoms with Crippen LogP contribution in [-0.2, 0) is 20.8 Å². The first-order chi connectivity index (χ1) is 11.0. The zero-order valence-electron chi connectivity index (χ0n) is 13.0. The highest BCUT2D eigenvalue weighted by atomic mass is 16.4. The van der Waals surface area contributed by atoms with Gasteiger partial charge in [0.2, 0.25) is 5.91 Å². The smallest absolute Gasteiger partial charge is 0.307 e. The van der Waals surface area contributed by atoms with Gasteiger partial charge >= 0.3 is 5.97 Å². The number of fused-ring (bicyclic) bond motifs is 2. The molecule has 2 aliphatic carbocycles. The molecule has 1 amide bonds. The second-order valence-electron chi connectivity index (χ2n) is 6.66. The van der Waals surface area contributed by atoms with E-state index in [1.807, 2.05) is 0 Å². The van der Waals surface area contributed by atoms with Crippen molar-refractivity contribution in [2.24, 2.45) is 17.8 Å². The number of aliphatic carboxylic acids is 1. The van der Waals surface area contributed by atoms with Crippen molar-refractivity contribution in [3.05, 3.63) is 29.8 Å². The number of carbonyl (C=O) groups is 3. The molecule has 5 nitrogen and oxygen atoms in total. The van der Waals surface area contributed by atoms with Crippen LogP contribution in [0.2, 0.25) is 0 Å². The minimum atomic E-state index is -0.896. The van der Waals surface area contributed by atoms with Crippen molar-refractivity contribution in [1.82, 2.24) is 0 Å². The Bertz CT molecular complexity index is 624. The van der Waals surface area contributed by atoms with Crippen LogP contribution in [0, 0.1) is 17.8 Å². The van der Waals surface area contributed by atoms with E-state index in [4.69, 9.17) is 5.11 Å². The molecule has 1 unspecified atom stereocenters. The highest BCUT2D eigenvalue weighted by molar-refractivity contribution is 5.95. The van der Waals surface area contributed by atoms with Gasteiger partial charge in [-0.15, -0.1) is 0 Å². The Hall–Kier alpha value is -2.17. The molecule has 0 aromatic heterocycles. The summed E-state index contributed by atoms with van der Waals surface area (Å²) >= 11 is 0. The van der Waals surface area contributed by atoms with Gasteiger partial charge in [0, 0.05) is 23.4 Å². The summed E-state index contributed by atoms with van der Waals surface area (Å²) in [7, 11) is 0. The van der Waals surface area contributed by atoms with E-state index in [2.05, 4.69) is 5.32 Å². The van der Waals surface area contributed by atoms with Gasteiger partial charge in [-0.05, 0) is 43.4 Å². The van der Waals surface area contributed by atoms with Crippen LogP contribution in [-0.4, -0.2) is 22.8 Å². The first-order valence-corrected chi connectivity index (χ1v) is 8.18. The summed E-state index contributed by atoms with van der Waals surface area (Å²) in [6.45, 7) is 0. The maximum absolute atomic E-state index is 12.5. The highest BCUT2D eigenvalue weighted by Gasteiger charge is 2.41. The first-order valence-electron chi connectivity index (χ1n) is 8.18. The maximum Gasteiger partial charge on any atom is 0.307 e. The number of amides is 1. The van der Waals surface area contributed by atoms with E-state index in [0.29, 0.717) is 29.9 Å². The summed E-state index contributed by atoms with van der Waals surface area (Å²) < 4.78 is 0. The predicted octanol–water partition coefficient (Wildman–Crippen LogP) is 2.65. The van der Waals surface area contributed by atoms with E-state index in [9.17, 15) is 14.4 Å². The van der Waals surface area contributed by atoms with Crippen LogP contribution in [0.1, 0.15) is 37.7 Å². The number of rotatable bonds is 4. The van der Waals surface area contributed by atoms with Crippen LogP contribution in [0.5, 0.6) is 0 Å². The van der Waals surface area contributed by atoms with Gasteiger partial charge in [-0.2, -0.15) is 0 Å². The molecule has 2 bridgehead atoms. The monoisotopic (exact) mass is 315 g/mol. The number of carboxylic acid groups (broad SMARTS) is 1. The topological polar surface area (TPSA) is 83.5 Å². The van der Waals surface area contributed by atoms with Crippen LogP contribution in [0.3, 0.4) is 0 Å². The molecule has 1 aromatic carbocycles. The summed E-state index contributed by atoms with van der Waals surface area (Å²) in [5, 5.41) is 11.7. The Labute approximate surface area is 135 Å². The van der Waals surface area contributed by atoms with Crippen molar-refractivity contribution in [3.63, 3.8) is 0 Å². The van der Waals surface area contributed by atoms with Crippen molar-refractivity contribution >= 4 is 23.3 Å². The number of nitrogens with one attached hydrogen (secondary N) is 1. The number of carbonyl (C=O) groups excluding carboxylic acids is 2. The molecule has 2 fully saturated rings. The number of Topliss-reactive ketones (excluding diaryl/α,β-unsaturated/α-hetero) is 1. The number of anilines is 1.